The highest BCUT2D eigenvalue weighted by molar-refractivity contribution is 7.59. The molecule has 1 aromatic carbocycles. The first kappa shape index (κ1) is 15.6. The summed E-state index contributed by atoms with van der Waals surface area (Å²) in [6, 6.07) is 4.50. The molecule has 0 saturated heterocycles. The van der Waals surface area contributed by atoms with Crippen LogP contribution in [0.15, 0.2) is 18.2 Å². The summed E-state index contributed by atoms with van der Waals surface area (Å²) in [6.07, 6.45) is 0.873. The number of hydrogen-bond acceptors (Lipinski definition) is 2. The van der Waals surface area contributed by atoms with Crippen LogP contribution in [0.25, 0.3) is 0 Å². The van der Waals surface area contributed by atoms with E-state index in [1.807, 2.05) is 0 Å². The van der Waals surface area contributed by atoms with E-state index in [-0.39, 0.29) is 38.9 Å². The number of aliphatic hydroxyl groups is 1. The summed E-state index contributed by atoms with van der Waals surface area (Å²) in [7, 11) is 0. The van der Waals surface area contributed by atoms with Gasteiger partial charge in [-0.1, -0.05) is 0 Å². The van der Waals surface area contributed by atoms with E-state index >= 15 is 0 Å². The lowest BCUT2D eigenvalue weighted by Gasteiger charge is -2.27. The van der Waals surface area contributed by atoms with Gasteiger partial charge in [0.2, 0.25) is 0 Å². The summed E-state index contributed by atoms with van der Waals surface area (Å²) in [6.45, 7) is 1.71. The number of hydrogen-bond donors (Lipinski definition) is 1. The molecule has 1 N–H and O–H groups in total. The van der Waals surface area contributed by atoms with Gasteiger partial charge in [-0.15, -0.1) is 0 Å². The topological polar surface area (TPSA) is 29.5 Å². The van der Waals surface area contributed by atoms with Gasteiger partial charge in [0.25, 0.3) is 0 Å². The molecule has 0 saturated carbocycles. The Balaban J connectivity index is 0.00000112. The van der Waals surface area contributed by atoms with Crippen LogP contribution >= 0.6 is 27.0 Å². The molecule has 92 valence electrons. The van der Waals surface area contributed by atoms with Crippen molar-refractivity contribution in [3.63, 3.8) is 0 Å². The standard InChI is InChI=1S/C11H13FO2.2H2S/c1-7(13)10-4-2-8-6-9(12)3-5-11(8)14-10;;/h3,5-7,10,13H,2,4H2,1H3;2*1H2/t7-,10-;;/m0../s1. The Morgan fingerprint density at radius 2 is 2.12 bits per heavy atom. The highest BCUT2D eigenvalue weighted by Gasteiger charge is 2.23. The average Bonchev–Trinajstić information content (AvgIpc) is 2.16. The molecule has 0 unspecified atom stereocenters. The molecular formula is C11H17FO2S2. The van der Waals surface area contributed by atoms with Gasteiger partial charge in [0.05, 0.1) is 6.10 Å². The van der Waals surface area contributed by atoms with Crippen LogP contribution in [-0.4, -0.2) is 17.3 Å². The average molecular weight is 264 g/mol. The normalized spacial score (nSPS) is 19.6. The van der Waals surface area contributed by atoms with E-state index in [0.29, 0.717) is 5.75 Å². The number of benzene rings is 1. The van der Waals surface area contributed by atoms with Gasteiger partial charge >= 0.3 is 0 Å². The fraction of sp³-hybridized carbons (Fsp3) is 0.455. The molecule has 0 aliphatic carbocycles. The minimum Gasteiger partial charge on any atom is -0.487 e. The third kappa shape index (κ3) is 3.30. The summed E-state index contributed by atoms with van der Waals surface area (Å²) in [5.41, 5.74) is 0.891. The molecule has 5 heteroatoms. The number of halogens is 1. The van der Waals surface area contributed by atoms with Gasteiger partial charge in [-0.25, -0.2) is 4.39 Å². The van der Waals surface area contributed by atoms with E-state index < -0.39 is 6.10 Å². The lowest BCUT2D eigenvalue weighted by Crippen LogP contribution is -2.32. The van der Waals surface area contributed by atoms with Gasteiger partial charge in [0.1, 0.15) is 17.7 Å². The van der Waals surface area contributed by atoms with Crippen molar-refractivity contribution in [1.82, 2.24) is 0 Å². The molecule has 2 rings (SSSR count). The molecule has 1 aliphatic heterocycles. The first-order chi connectivity index (χ1) is 6.66. The number of aryl methyl sites for hydroxylation is 1. The lowest BCUT2D eigenvalue weighted by atomic mass is 10.00. The molecule has 0 spiro atoms. The van der Waals surface area contributed by atoms with Crippen molar-refractivity contribution in [1.29, 1.82) is 0 Å². The Hall–Kier alpha value is -0.390. The van der Waals surface area contributed by atoms with E-state index in [0.717, 1.165) is 18.4 Å². The quantitative estimate of drug-likeness (QED) is 0.842. The van der Waals surface area contributed by atoms with Crippen molar-refractivity contribution < 1.29 is 14.2 Å². The molecule has 0 aromatic heterocycles. The Morgan fingerprint density at radius 3 is 2.75 bits per heavy atom. The summed E-state index contributed by atoms with van der Waals surface area (Å²) in [4.78, 5) is 0. The zero-order valence-electron chi connectivity index (χ0n) is 9.03. The molecule has 0 bridgehead atoms. The molecule has 1 aliphatic rings. The van der Waals surface area contributed by atoms with E-state index in [1.165, 1.54) is 12.1 Å². The first-order valence-electron chi connectivity index (χ1n) is 4.80. The van der Waals surface area contributed by atoms with Crippen LogP contribution in [0, 0.1) is 5.82 Å². The first-order valence-corrected chi connectivity index (χ1v) is 4.80. The SMILES string of the molecule is C[C@H](O)[C@@H]1CCc2cc(F)ccc2O1.S.S. The van der Waals surface area contributed by atoms with Crippen LogP contribution in [0.2, 0.25) is 0 Å². The van der Waals surface area contributed by atoms with Gasteiger partial charge in [0, 0.05) is 0 Å². The van der Waals surface area contributed by atoms with Crippen molar-refractivity contribution in [3.05, 3.63) is 29.6 Å². The summed E-state index contributed by atoms with van der Waals surface area (Å²) in [5.74, 6) is 0.464. The second kappa shape index (κ2) is 6.37. The van der Waals surface area contributed by atoms with Crippen LogP contribution in [0.4, 0.5) is 4.39 Å². The molecular weight excluding hydrogens is 247 g/mol. The number of aliphatic hydroxyl groups excluding tert-OH is 1. The van der Waals surface area contributed by atoms with Crippen molar-refractivity contribution in [2.24, 2.45) is 0 Å². The zero-order chi connectivity index (χ0) is 10.1. The van der Waals surface area contributed by atoms with Crippen LogP contribution < -0.4 is 4.74 Å². The van der Waals surface area contributed by atoms with Gasteiger partial charge in [0.15, 0.2) is 0 Å². The van der Waals surface area contributed by atoms with Crippen LogP contribution in [0.1, 0.15) is 18.9 Å². The van der Waals surface area contributed by atoms with Gasteiger partial charge in [-0.3, -0.25) is 0 Å². The van der Waals surface area contributed by atoms with Crippen molar-refractivity contribution in [3.8, 4) is 5.75 Å². The van der Waals surface area contributed by atoms with E-state index in [2.05, 4.69) is 0 Å². The summed E-state index contributed by atoms with van der Waals surface area (Å²) >= 11 is 0. The number of fused-ring (bicyclic) bond motifs is 1. The highest BCUT2D eigenvalue weighted by Crippen LogP contribution is 2.29. The molecule has 2 atom stereocenters. The fourth-order valence-electron chi connectivity index (χ4n) is 1.72. The van der Waals surface area contributed by atoms with Crippen molar-refractivity contribution in [2.75, 3.05) is 0 Å². The largest absolute Gasteiger partial charge is 0.487 e. The minimum absolute atomic E-state index is 0. The molecule has 0 radical (unpaired) electrons. The predicted molar refractivity (Wildman–Crippen MR) is 71.6 cm³/mol. The number of ether oxygens (including phenoxy) is 1. The van der Waals surface area contributed by atoms with Gasteiger partial charge in [-0.2, -0.15) is 27.0 Å². The Labute approximate surface area is 109 Å². The maximum absolute atomic E-state index is 12.8. The maximum atomic E-state index is 12.8. The number of rotatable bonds is 1. The van der Waals surface area contributed by atoms with Crippen molar-refractivity contribution in [2.45, 2.75) is 32.0 Å². The van der Waals surface area contributed by atoms with Crippen LogP contribution in [0.5, 0.6) is 5.75 Å². The van der Waals surface area contributed by atoms with Crippen LogP contribution in [0.3, 0.4) is 0 Å². The third-order valence-electron chi connectivity index (χ3n) is 2.54. The minimum atomic E-state index is -0.479. The second-order valence-corrected chi connectivity index (χ2v) is 3.69. The second-order valence-electron chi connectivity index (χ2n) is 3.69. The molecule has 1 heterocycles. The smallest absolute Gasteiger partial charge is 0.125 e. The monoisotopic (exact) mass is 264 g/mol. The fourth-order valence-corrected chi connectivity index (χ4v) is 1.72. The third-order valence-corrected chi connectivity index (χ3v) is 2.54. The molecule has 0 amide bonds. The predicted octanol–water partition coefficient (Wildman–Crippen LogP) is 2.13. The molecule has 16 heavy (non-hydrogen) atoms. The van der Waals surface area contributed by atoms with Crippen molar-refractivity contribution >= 4 is 27.0 Å². The Kier molecular flexibility index (Phi) is 6.22. The summed E-state index contributed by atoms with van der Waals surface area (Å²) in [5, 5.41) is 9.36. The Bertz CT molecular complexity index is 345. The van der Waals surface area contributed by atoms with Gasteiger partial charge < -0.3 is 9.84 Å². The highest BCUT2D eigenvalue weighted by atomic mass is 32.1. The van der Waals surface area contributed by atoms with Crippen LogP contribution in [-0.2, 0) is 6.42 Å². The zero-order valence-corrected chi connectivity index (χ0v) is 11.0. The van der Waals surface area contributed by atoms with E-state index in [1.54, 1.807) is 13.0 Å². The van der Waals surface area contributed by atoms with Gasteiger partial charge in [-0.05, 0) is 43.5 Å². The van der Waals surface area contributed by atoms with E-state index in [9.17, 15) is 9.50 Å². The lowest BCUT2D eigenvalue weighted by molar-refractivity contribution is 0.0356. The molecule has 2 nitrogen and oxygen atoms in total. The molecule has 0 fully saturated rings. The molecule has 1 aromatic rings. The Morgan fingerprint density at radius 1 is 1.44 bits per heavy atom. The summed E-state index contributed by atoms with van der Waals surface area (Å²) < 4.78 is 18.4. The maximum Gasteiger partial charge on any atom is 0.125 e. The van der Waals surface area contributed by atoms with E-state index in [4.69, 9.17) is 4.74 Å².